The molecular weight excluding hydrogens is 236 g/mol. The molecule has 1 atom stereocenters. The molecule has 0 bridgehead atoms. The van der Waals surface area contributed by atoms with Gasteiger partial charge in [-0.2, -0.15) is 0 Å². The molecule has 0 aliphatic rings. The highest BCUT2D eigenvalue weighted by molar-refractivity contribution is 5.77. The number of likely N-dealkylation sites (N-methyl/N-ethyl adjacent to an activating group) is 1. The summed E-state index contributed by atoms with van der Waals surface area (Å²) in [6.07, 6.45) is 2.63. The number of ether oxygens (including phenoxy) is 1. The Morgan fingerprint density at radius 3 is 2.44 bits per heavy atom. The van der Waals surface area contributed by atoms with E-state index >= 15 is 0 Å². The van der Waals surface area contributed by atoms with E-state index in [2.05, 4.69) is 4.98 Å². The summed E-state index contributed by atoms with van der Waals surface area (Å²) < 4.78 is 10.3. The van der Waals surface area contributed by atoms with Crippen molar-refractivity contribution in [2.75, 3.05) is 7.05 Å². The van der Waals surface area contributed by atoms with Gasteiger partial charge in [0.25, 0.3) is 0 Å². The molecule has 1 aromatic heterocycles. The highest BCUT2D eigenvalue weighted by Crippen LogP contribution is 2.26. The first kappa shape index (κ1) is 14.2. The molecule has 18 heavy (non-hydrogen) atoms. The fourth-order valence-corrected chi connectivity index (χ4v) is 1.29. The minimum atomic E-state index is -1.24. The Morgan fingerprint density at radius 2 is 2.06 bits per heavy atom. The fraction of sp³-hybridized carbons (Fsp3) is 0.583. The molecule has 0 spiro atoms. The Bertz CT molecular complexity index is 422. The summed E-state index contributed by atoms with van der Waals surface area (Å²) in [5.41, 5.74) is -1.87. The molecule has 0 saturated carbocycles. The number of hydrogen-bond acceptors (Lipinski definition) is 5. The summed E-state index contributed by atoms with van der Waals surface area (Å²) in [4.78, 5) is 28.2. The second-order valence-corrected chi connectivity index (χ2v) is 5.17. The van der Waals surface area contributed by atoms with Gasteiger partial charge in [0.05, 0.1) is 6.20 Å². The highest BCUT2D eigenvalue weighted by Gasteiger charge is 2.39. The summed E-state index contributed by atoms with van der Waals surface area (Å²) >= 11 is 0. The van der Waals surface area contributed by atoms with Crippen molar-refractivity contribution in [2.45, 2.75) is 38.8 Å². The molecule has 0 aliphatic heterocycles. The number of rotatable bonds is 3. The van der Waals surface area contributed by atoms with Crippen LogP contribution in [-0.4, -0.2) is 34.9 Å². The summed E-state index contributed by atoms with van der Waals surface area (Å²) in [6, 6.07) is 0. The zero-order valence-corrected chi connectivity index (χ0v) is 11.3. The lowest BCUT2D eigenvalue weighted by Gasteiger charge is -2.33. The maximum absolute atomic E-state index is 11.9. The van der Waals surface area contributed by atoms with Crippen molar-refractivity contribution in [3.8, 4) is 0 Å². The summed E-state index contributed by atoms with van der Waals surface area (Å²) in [7, 11) is 1.48. The predicted octanol–water partition coefficient (Wildman–Crippen LogP) is 1.96. The van der Waals surface area contributed by atoms with Gasteiger partial charge in [0.1, 0.15) is 5.60 Å². The van der Waals surface area contributed by atoms with E-state index < -0.39 is 17.2 Å². The van der Waals surface area contributed by atoms with Crippen LogP contribution in [0.15, 0.2) is 17.0 Å². The molecule has 0 N–H and O–H groups in total. The van der Waals surface area contributed by atoms with Crippen LogP contribution in [0.2, 0.25) is 0 Å². The number of amides is 1. The summed E-state index contributed by atoms with van der Waals surface area (Å²) in [6.45, 7) is 6.83. The normalized spacial score (nSPS) is 14.7. The topological polar surface area (TPSA) is 72.6 Å². The lowest BCUT2D eigenvalue weighted by Crippen LogP contribution is -2.48. The van der Waals surface area contributed by atoms with E-state index in [1.807, 2.05) is 0 Å². The molecular formula is C12H18N2O4. The quantitative estimate of drug-likeness (QED) is 0.771. The molecule has 1 amide bonds. The van der Waals surface area contributed by atoms with Crippen LogP contribution in [0, 0.1) is 0 Å². The van der Waals surface area contributed by atoms with Crippen LogP contribution in [0.25, 0.3) is 0 Å². The largest absolute Gasteiger partial charge is 0.446 e. The second kappa shape index (κ2) is 4.80. The minimum absolute atomic E-state index is 0.283. The smallest absolute Gasteiger partial charge is 0.411 e. The van der Waals surface area contributed by atoms with E-state index in [-0.39, 0.29) is 5.76 Å². The summed E-state index contributed by atoms with van der Waals surface area (Å²) in [5.74, 6) is 0.283. The van der Waals surface area contributed by atoms with Crippen LogP contribution in [-0.2, 0) is 15.1 Å². The number of aromatic nitrogens is 1. The van der Waals surface area contributed by atoms with Crippen LogP contribution in [0.3, 0.4) is 0 Å². The maximum atomic E-state index is 11.9. The molecule has 1 unspecified atom stereocenters. The molecule has 0 fully saturated rings. The minimum Gasteiger partial charge on any atom is -0.446 e. The van der Waals surface area contributed by atoms with Crippen LogP contribution < -0.4 is 0 Å². The molecule has 1 heterocycles. The van der Waals surface area contributed by atoms with Crippen molar-refractivity contribution >= 4 is 12.4 Å². The van der Waals surface area contributed by atoms with Gasteiger partial charge in [0, 0.05) is 7.05 Å². The van der Waals surface area contributed by atoms with Gasteiger partial charge in [0.15, 0.2) is 24.0 Å². The molecule has 100 valence electrons. The molecule has 0 aromatic carbocycles. The van der Waals surface area contributed by atoms with E-state index in [4.69, 9.17) is 9.15 Å². The first-order valence-electron chi connectivity index (χ1n) is 5.53. The van der Waals surface area contributed by atoms with E-state index in [0.29, 0.717) is 6.29 Å². The van der Waals surface area contributed by atoms with Crippen molar-refractivity contribution in [1.29, 1.82) is 0 Å². The molecule has 0 saturated heterocycles. The molecule has 0 radical (unpaired) electrons. The van der Waals surface area contributed by atoms with E-state index in [1.165, 1.54) is 24.5 Å². The average Bonchev–Trinajstić information content (AvgIpc) is 2.78. The van der Waals surface area contributed by atoms with Crippen LogP contribution in [0.4, 0.5) is 4.79 Å². The zero-order chi connectivity index (χ0) is 14.0. The molecule has 6 heteroatoms. The number of aldehydes is 1. The summed E-state index contributed by atoms with van der Waals surface area (Å²) in [5, 5.41) is 0. The van der Waals surface area contributed by atoms with Crippen molar-refractivity contribution in [3.63, 3.8) is 0 Å². The third kappa shape index (κ3) is 2.88. The Kier molecular flexibility index (Phi) is 3.79. The van der Waals surface area contributed by atoms with E-state index in [0.717, 1.165) is 0 Å². The Labute approximate surface area is 106 Å². The van der Waals surface area contributed by atoms with Crippen molar-refractivity contribution in [1.82, 2.24) is 9.88 Å². The Morgan fingerprint density at radius 1 is 1.44 bits per heavy atom. The highest BCUT2D eigenvalue weighted by atomic mass is 16.6. The molecule has 6 nitrogen and oxygen atoms in total. The lowest BCUT2D eigenvalue weighted by molar-refractivity contribution is -0.118. The first-order chi connectivity index (χ1) is 8.20. The van der Waals surface area contributed by atoms with Gasteiger partial charge in [-0.3, -0.25) is 4.90 Å². The standard InChI is InChI=1S/C12H18N2O4/c1-11(2,3)18-10(16)14(5)12(4,7-15)9-6-13-8-17-9/h6-8H,1-5H3. The first-order valence-corrected chi connectivity index (χ1v) is 5.53. The van der Waals surface area contributed by atoms with Crippen molar-refractivity contribution in [3.05, 3.63) is 18.4 Å². The maximum Gasteiger partial charge on any atom is 0.411 e. The van der Waals surface area contributed by atoms with Gasteiger partial charge in [0.2, 0.25) is 0 Å². The lowest BCUT2D eigenvalue weighted by atomic mass is 10.0. The molecule has 1 aromatic rings. The van der Waals surface area contributed by atoms with Crippen LogP contribution in [0.1, 0.15) is 33.5 Å². The van der Waals surface area contributed by atoms with Crippen LogP contribution >= 0.6 is 0 Å². The van der Waals surface area contributed by atoms with E-state index in [1.54, 1.807) is 27.7 Å². The molecule has 0 aliphatic carbocycles. The fourth-order valence-electron chi connectivity index (χ4n) is 1.29. The third-order valence-corrected chi connectivity index (χ3v) is 2.52. The average molecular weight is 254 g/mol. The number of carbonyl (C=O) groups excluding carboxylic acids is 2. The van der Waals surface area contributed by atoms with Gasteiger partial charge in [-0.15, -0.1) is 0 Å². The van der Waals surface area contributed by atoms with Gasteiger partial charge in [-0.1, -0.05) is 0 Å². The number of hydrogen-bond donors (Lipinski definition) is 0. The number of carbonyl (C=O) groups is 2. The predicted molar refractivity (Wildman–Crippen MR) is 63.9 cm³/mol. The second-order valence-electron chi connectivity index (χ2n) is 5.17. The zero-order valence-electron chi connectivity index (χ0n) is 11.3. The van der Waals surface area contributed by atoms with E-state index in [9.17, 15) is 9.59 Å². The van der Waals surface area contributed by atoms with Crippen LogP contribution in [0.5, 0.6) is 0 Å². The third-order valence-electron chi connectivity index (χ3n) is 2.52. The SMILES string of the molecule is CN(C(=O)OC(C)(C)C)C(C)(C=O)c1cnco1. The van der Waals surface area contributed by atoms with Gasteiger partial charge >= 0.3 is 6.09 Å². The Hall–Kier alpha value is -1.85. The van der Waals surface area contributed by atoms with Crippen molar-refractivity contribution in [2.24, 2.45) is 0 Å². The monoisotopic (exact) mass is 254 g/mol. The van der Waals surface area contributed by atoms with Gasteiger partial charge in [-0.25, -0.2) is 9.78 Å². The Balaban J connectivity index is 2.96. The van der Waals surface area contributed by atoms with Crippen molar-refractivity contribution < 1.29 is 18.7 Å². The molecule has 1 rings (SSSR count). The number of nitrogens with zero attached hydrogens (tertiary/aromatic N) is 2. The van der Waals surface area contributed by atoms with Gasteiger partial charge in [-0.05, 0) is 27.7 Å². The van der Waals surface area contributed by atoms with Gasteiger partial charge < -0.3 is 13.9 Å². The number of oxazole rings is 1.